The minimum Gasteiger partial charge on any atom is -0.361 e. The molecule has 0 radical (unpaired) electrons. The van der Waals surface area contributed by atoms with Gasteiger partial charge in [0.05, 0.1) is 0 Å². The molecule has 0 aliphatic carbocycles. The number of alkyl halides is 1. The van der Waals surface area contributed by atoms with Crippen molar-refractivity contribution in [2.24, 2.45) is 5.73 Å². The molecule has 0 aliphatic rings. The van der Waals surface area contributed by atoms with E-state index in [0.29, 0.717) is 6.42 Å². The molecule has 15 heavy (non-hydrogen) atoms. The van der Waals surface area contributed by atoms with Gasteiger partial charge in [-0.2, -0.15) is 0 Å². The number of aromatic amines is 1. The number of fused-ring (bicyclic) bond motifs is 1. The largest absolute Gasteiger partial charge is 0.361 e. The van der Waals surface area contributed by atoms with Gasteiger partial charge < -0.3 is 10.7 Å². The van der Waals surface area contributed by atoms with E-state index in [1.807, 2.05) is 24.4 Å². The molecular weight excluding hydrogens is 191 g/mol. The summed E-state index contributed by atoms with van der Waals surface area (Å²) in [6.45, 7) is 0.113. The molecule has 0 aliphatic heterocycles. The SMILES string of the molecule is NCC(F)CCc1c[nH]c2ccccc12. The summed E-state index contributed by atoms with van der Waals surface area (Å²) in [5.74, 6) is 0. The zero-order valence-corrected chi connectivity index (χ0v) is 8.54. The van der Waals surface area contributed by atoms with E-state index in [0.717, 1.165) is 11.9 Å². The van der Waals surface area contributed by atoms with Gasteiger partial charge in [-0.15, -0.1) is 0 Å². The fraction of sp³-hybridized carbons (Fsp3) is 0.333. The molecule has 2 aromatic rings. The topological polar surface area (TPSA) is 41.8 Å². The molecule has 3 N–H and O–H groups in total. The second-order valence-electron chi connectivity index (χ2n) is 3.73. The minimum atomic E-state index is -0.890. The van der Waals surface area contributed by atoms with E-state index in [2.05, 4.69) is 11.1 Å². The van der Waals surface area contributed by atoms with Gasteiger partial charge in [0, 0.05) is 23.6 Å². The first-order chi connectivity index (χ1) is 7.31. The van der Waals surface area contributed by atoms with E-state index < -0.39 is 6.17 Å². The highest BCUT2D eigenvalue weighted by Crippen LogP contribution is 2.19. The number of H-pyrrole nitrogens is 1. The van der Waals surface area contributed by atoms with Crippen molar-refractivity contribution in [2.45, 2.75) is 19.0 Å². The second-order valence-corrected chi connectivity index (χ2v) is 3.73. The van der Waals surface area contributed by atoms with Crippen LogP contribution in [0, 0.1) is 0 Å². The molecule has 2 nitrogen and oxygen atoms in total. The van der Waals surface area contributed by atoms with Crippen molar-refractivity contribution >= 4 is 10.9 Å². The molecule has 3 heteroatoms. The van der Waals surface area contributed by atoms with Crippen molar-refractivity contribution < 1.29 is 4.39 Å². The predicted molar refractivity (Wildman–Crippen MR) is 60.6 cm³/mol. The first-order valence-corrected chi connectivity index (χ1v) is 5.20. The number of hydrogen-bond donors (Lipinski definition) is 2. The van der Waals surface area contributed by atoms with Gasteiger partial charge in [0.1, 0.15) is 6.17 Å². The monoisotopic (exact) mass is 206 g/mol. The number of nitrogens with one attached hydrogen (secondary N) is 1. The maximum Gasteiger partial charge on any atom is 0.113 e. The number of para-hydroxylation sites is 1. The van der Waals surface area contributed by atoms with Crippen LogP contribution in [0.2, 0.25) is 0 Å². The normalized spacial score (nSPS) is 13.2. The molecule has 2 rings (SSSR count). The lowest BCUT2D eigenvalue weighted by molar-refractivity contribution is 0.323. The van der Waals surface area contributed by atoms with Crippen LogP contribution < -0.4 is 5.73 Å². The van der Waals surface area contributed by atoms with E-state index in [1.54, 1.807) is 0 Å². The highest BCUT2D eigenvalue weighted by Gasteiger charge is 2.07. The van der Waals surface area contributed by atoms with Gasteiger partial charge >= 0.3 is 0 Å². The number of aromatic nitrogens is 1. The van der Waals surface area contributed by atoms with E-state index in [1.165, 1.54) is 10.9 Å². The Balaban J connectivity index is 2.14. The smallest absolute Gasteiger partial charge is 0.113 e. The Morgan fingerprint density at radius 2 is 2.13 bits per heavy atom. The van der Waals surface area contributed by atoms with Gasteiger partial charge in [0.25, 0.3) is 0 Å². The molecule has 0 saturated carbocycles. The van der Waals surface area contributed by atoms with Gasteiger partial charge in [0.15, 0.2) is 0 Å². The number of rotatable bonds is 4. The fourth-order valence-electron chi connectivity index (χ4n) is 1.77. The summed E-state index contributed by atoms with van der Waals surface area (Å²) in [6.07, 6.45) is 2.30. The number of nitrogens with two attached hydrogens (primary N) is 1. The molecular formula is C12H15FN2. The average Bonchev–Trinajstić information content (AvgIpc) is 2.69. The highest BCUT2D eigenvalue weighted by molar-refractivity contribution is 5.82. The molecule has 0 saturated heterocycles. The van der Waals surface area contributed by atoms with Crippen LogP contribution in [0.4, 0.5) is 4.39 Å². The lowest BCUT2D eigenvalue weighted by Crippen LogP contribution is -2.15. The zero-order valence-electron chi connectivity index (χ0n) is 8.54. The van der Waals surface area contributed by atoms with Crippen molar-refractivity contribution in [3.05, 3.63) is 36.0 Å². The molecule has 80 valence electrons. The fourth-order valence-corrected chi connectivity index (χ4v) is 1.77. The van der Waals surface area contributed by atoms with Gasteiger partial charge in [-0.1, -0.05) is 18.2 Å². The molecule has 1 aromatic heterocycles. The first-order valence-electron chi connectivity index (χ1n) is 5.20. The standard InChI is InChI=1S/C12H15FN2/c13-10(7-14)6-5-9-8-15-12-4-2-1-3-11(9)12/h1-4,8,10,15H,5-7,14H2. The number of halogens is 1. The summed E-state index contributed by atoms with van der Waals surface area (Å²) in [7, 11) is 0. The lowest BCUT2D eigenvalue weighted by atomic mass is 10.1. The maximum absolute atomic E-state index is 13.0. The zero-order chi connectivity index (χ0) is 10.7. The summed E-state index contributed by atoms with van der Waals surface area (Å²) < 4.78 is 13.0. The number of hydrogen-bond acceptors (Lipinski definition) is 1. The highest BCUT2D eigenvalue weighted by atomic mass is 19.1. The molecule has 0 spiro atoms. The number of benzene rings is 1. The van der Waals surface area contributed by atoms with Crippen LogP contribution >= 0.6 is 0 Å². The Kier molecular flexibility index (Phi) is 3.02. The van der Waals surface area contributed by atoms with Crippen molar-refractivity contribution in [3.63, 3.8) is 0 Å². The van der Waals surface area contributed by atoms with Crippen molar-refractivity contribution in [3.8, 4) is 0 Å². The van der Waals surface area contributed by atoms with Crippen LogP contribution in [0.25, 0.3) is 10.9 Å². The number of aryl methyl sites for hydroxylation is 1. The molecule has 1 atom stereocenters. The summed E-state index contributed by atoms with van der Waals surface area (Å²) in [5, 5.41) is 1.18. The maximum atomic E-state index is 13.0. The molecule has 0 bridgehead atoms. The van der Waals surface area contributed by atoms with Crippen LogP contribution in [0.1, 0.15) is 12.0 Å². The van der Waals surface area contributed by atoms with Crippen LogP contribution in [-0.2, 0) is 6.42 Å². The Hall–Kier alpha value is -1.35. The minimum absolute atomic E-state index is 0.113. The Morgan fingerprint density at radius 3 is 2.93 bits per heavy atom. The Morgan fingerprint density at radius 1 is 1.33 bits per heavy atom. The first kappa shape index (κ1) is 10.2. The van der Waals surface area contributed by atoms with Crippen molar-refractivity contribution in [1.29, 1.82) is 0 Å². The third-order valence-electron chi connectivity index (χ3n) is 2.66. The Labute approximate surface area is 88.3 Å². The average molecular weight is 206 g/mol. The molecule has 1 aromatic carbocycles. The van der Waals surface area contributed by atoms with E-state index in [9.17, 15) is 4.39 Å². The third kappa shape index (κ3) is 2.18. The lowest BCUT2D eigenvalue weighted by Gasteiger charge is -2.03. The van der Waals surface area contributed by atoms with E-state index in [-0.39, 0.29) is 6.54 Å². The summed E-state index contributed by atoms with van der Waals surface area (Å²) in [6, 6.07) is 8.06. The Bertz CT molecular complexity index is 436. The van der Waals surface area contributed by atoms with Crippen LogP contribution in [0.15, 0.2) is 30.5 Å². The van der Waals surface area contributed by atoms with Crippen LogP contribution in [0.3, 0.4) is 0 Å². The van der Waals surface area contributed by atoms with Crippen molar-refractivity contribution in [2.75, 3.05) is 6.54 Å². The van der Waals surface area contributed by atoms with E-state index in [4.69, 9.17) is 5.73 Å². The second kappa shape index (κ2) is 4.45. The molecule has 1 heterocycles. The quantitative estimate of drug-likeness (QED) is 0.792. The van der Waals surface area contributed by atoms with Gasteiger partial charge in [-0.3, -0.25) is 0 Å². The molecule has 0 amide bonds. The summed E-state index contributed by atoms with van der Waals surface area (Å²) in [5.41, 5.74) is 7.52. The van der Waals surface area contributed by atoms with Gasteiger partial charge in [0.2, 0.25) is 0 Å². The summed E-state index contributed by atoms with van der Waals surface area (Å²) >= 11 is 0. The molecule has 0 fully saturated rings. The molecule has 1 unspecified atom stereocenters. The van der Waals surface area contributed by atoms with Crippen molar-refractivity contribution in [1.82, 2.24) is 4.98 Å². The van der Waals surface area contributed by atoms with Crippen LogP contribution in [0.5, 0.6) is 0 Å². The predicted octanol–water partition coefficient (Wildman–Crippen LogP) is 2.40. The third-order valence-corrected chi connectivity index (χ3v) is 2.66. The van der Waals surface area contributed by atoms with Gasteiger partial charge in [-0.25, -0.2) is 4.39 Å². The summed E-state index contributed by atoms with van der Waals surface area (Å²) in [4.78, 5) is 3.18. The van der Waals surface area contributed by atoms with E-state index >= 15 is 0 Å². The van der Waals surface area contributed by atoms with Crippen LogP contribution in [-0.4, -0.2) is 17.7 Å². The van der Waals surface area contributed by atoms with Gasteiger partial charge in [-0.05, 0) is 24.5 Å².